The van der Waals surface area contributed by atoms with Gasteiger partial charge in [0.2, 0.25) is 5.82 Å². The molecule has 0 bridgehead atoms. The maximum atomic E-state index is 13.1. The molecule has 0 aliphatic carbocycles. The molecule has 0 spiro atoms. The number of fused-ring (bicyclic) bond motifs is 1. The molecule has 0 unspecified atom stereocenters. The molecule has 1 aliphatic heterocycles. The second-order valence-electron chi connectivity index (χ2n) is 3.07. The van der Waals surface area contributed by atoms with Gasteiger partial charge >= 0.3 is 0 Å². The number of benzene rings is 1. The summed E-state index contributed by atoms with van der Waals surface area (Å²) in [6.07, 6.45) is 0. The Balaban J connectivity index is 2.36. The standard InChI is InChI=1S/C9H9F2NO2/c10-6-1-2-7-9(8(6)11)14-4-5(3-13)12-7/h1-2,5,12-13H,3-4H2/t5-/m0/s1. The first kappa shape index (κ1) is 9.21. The van der Waals surface area contributed by atoms with Crippen LogP contribution in [-0.2, 0) is 0 Å². The molecular formula is C9H9F2NO2. The van der Waals surface area contributed by atoms with Crippen LogP contribution in [0, 0.1) is 11.6 Å². The van der Waals surface area contributed by atoms with Gasteiger partial charge in [-0.1, -0.05) is 0 Å². The third-order valence-electron chi connectivity index (χ3n) is 2.06. The predicted octanol–water partition coefficient (Wildman–Crippen LogP) is 1.13. The Labute approximate surface area is 79.3 Å². The van der Waals surface area contributed by atoms with Gasteiger partial charge in [0.05, 0.1) is 18.3 Å². The van der Waals surface area contributed by atoms with E-state index in [-0.39, 0.29) is 25.0 Å². The number of hydrogen-bond donors (Lipinski definition) is 2. The van der Waals surface area contributed by atoms with Crippen LogP contribution in [0.1, 0.15) is 0 Å². The number of anilines is 1. The van der Waals surface area contributed by atoms with Crippen molar-refractivity contribution in [2.24, 2.45) is 0 Å². The number of aliphatic hydroxyl groups excluding tert-OH is 1. The van der Waals surface area contributed by atoms with Crippen LogP contribution in [0.4, 0.5) is 14.5 Å². The lowest BCUT2D eigenvalue weighted by Crippen LogP contribution is -2.34. The Morgan fingerprint density at radius 3 is 3.00 bits per heavy atom. The maximum Gasteiger partial charge on any atom is 0.202 e. The van der Waals surface area contributed by atoms with Gasteiger partial charge in [0, 0.05) is 0 Å². The van der Waals surface area contributed by atoms with Gasteiger partial charge in [-0.15, -0.1) is 0 Å². The van der Waals surface area contributed by atoms with Gasteiger partial charge in [-0.25, -0.2) is 4.39 Å². The molecule has 1 aromatic carbocycles. The van der Waals surface area contributed by atoms with Crippen LogP contribution in [0.15, 0.2) is 12.1 Å². The molecule has 5 heteroatoms. The highest BCUT2D eigenvalue weighted by molar-refractivity contribution is 5.59. The van der Waals surface area contributed by atoms with E-state index in [1.54, 1.807) is 0 Å². The minimum Gasteiger partial charge on any atom is -0.486 e. The first-order valence-electron chi connectivity index (χ1n) is 4.20. The first-order chi connectivity index (χ1) is 6.72. The quantitative estimate of drug-likeness (QED) is 0.715. The van der Waals surface area contributed by atoms with E-state index in [2.05, 4.69) is 5.32 Å². The number of ether oxygens (including phenoxy) is 1. The average Bonchev–Trinajstić information content (AvgIpc) is 2.23. The molecule has 1 atom stereocenters. The van der Waals surface area contributed by atoms with Crippen molar-refractivity contribution in [3.8, 4) is 5.75 Å². The van der Waals surface area contributed by atoms with Crippen LogP contribution in [0.5, 0.6) is 5.75 Å². The van der Waals surface area contributed by atoms with Crippen molar-refractivity contribution >= 4 is 5.69 Å². The summed E-state index contributed by atoms with van der Waals surface area (Å²) >= 11 is 0. The van der Waals surface area contributed by atoms with Gasteiger partial charge in [0.1, 0.15) is 6.61 Å². The normalized spacial score (nSPS) is 19.5. The first-order valence-corrected chi connectivity index (χ1v) is 4.20. The fourth-order valence-electron chi connectivity index (χ4n) is 1.33. The summed E-state index contributed by atoms with van der Waals surface area (Å²) in [7, 11) is 0. The lowest BCUT2D eigenvalue weighted by molar-refractivity contribution is 0.201. The lowest BCUT2D eigenvalue weighted by atomic mass is 10.2. The Morgan fingerprint density at radius 1 is 1.50 bits per heavy atom. The largest absolute Gasteiger partial charge is 0.486 e. The van der Waals surface area contributed by atoms with Crippen molar-refractivity contribution in [3.05, 3.63) is 23.8 Å². The third kappa shape index (κ3) is 1.39. The van der Waals surface area contributed by atoms with Gasteiger partial charge in [-0.3, -0.25) is 0 Å². The predicted molar refractivity (Wildman–Crippen MR) is 46.3 cm³/mol. The van der Waals surface area contributed by atoms with Crippen LogP contribution < -0.4 is 10.1 Å². The molecule has 0 fully saturated rings. The monoisotopic (exact) mass is 201 g/mol. The molecule has 1 aromatic rings. The molecule has 0 aromatic heterocycles. The van der Waals surface area contributed by atoms with Gasteiger partial charge in [0.15, 0.2) is 11.6 Å². The number of halogens is 2. The molecule has 0 radical (unpaired) electrons. The molecule has 0 saturated heterocycles. The van der Waals surface area contributed by atoms with Crippen LogP contribution in [0.2, 0.25) is 0 Å². The minimum absolute atomic E-state index is 0.113. The fourth-order valence-corrected chi connectivity index (χ4v) is 1.33. The minimum atomic E-state index is -0.994. The summed E-state index contributed by atoms with van der Waals surface area (Å²) in [4.78, 5) is 0. The van der Waals surface area contributed by atoms with Crippen LogP contribution in [0.3, 0.4) is 0 Å². The Kier molecular flexibility index (Phi) is 2.25. The molecule has 3 nitrogen and oxygen atoms in total. The van der Waals surface area contributed by atoms with E-state index >= 15 is 0 Å². The number of nitrogens with one attached hydrogen (secondary N) is 1. The maximum absolute atomic E-state index is 13.1. The van der Waals surface area contributed by atoms with Crippen molar-refractivity contribution in [2.75, 3.05) is 18.5 Å². The van der Waals surface area contributed by atoms with Crippen molar-refractivity contribution in [2.45, 2.75) is 6.04 Å². The molecule has 2 rings (SSSR count). The van der Waals surface area contributed by atoms with Crippen LogP contribution in [0.25, 0.3) is 0 Å². The van der Waals surface area contributed by atoms with E-state index in [9.17, 15) is 8.78 Å². The fraction of sp³-hybridized carbons (Fsp3) is 0.333. The number of hydrogen-bond acceptors (Lipinski definition) is 3. The van der Waals surface area contributed by atoms with Crippen molar-refractivity contribution in [1.82, 2.24) is 0 Å². The molecular weight excluding hydrogens is 192 g/mol. The molecule has 1 heterocycles. The second kappa shape index (κ2) is 3.42. The highest BCUT2D eigenvalue weighted by Crippen LogP contribution is 2.32. The van der Waals surface area contributed by atoms with E-state index in [0.29, 0.717) is 5.69 Å². The third-order valence-corrected chi connectivity index (χ3v) is 2.06. The Morgan fingerprint density at radius 2 is 2.29 bits per heavy atom. The lowest BCUT2D eigenvalue weighted by Gasteiger charge is -2.26. The van der Waals surface area contributed by atoms with Crippen molar-refractivity contribution in [3.63, 3.8) is 0 Å². The molecule has 0 amide bonds. The smallest absolute Gasteiger partial charge is 0.202 e. The van der Waals surface area contributed by atoms with Crippen LogP contribution >= 0.6 is 0 Å². The topological polar surface area (TPSA) is 41.5 Å². The molecule has 14 heavy (non-hydrogen) atoms. The molecule has 76 valence electrons. The van der Waals surface area contributed by atoms with E-state index in [1.165, 1.54) is 6.07 Å². The SMILES string of the molecule is OC[C@H]1COc2c(ccc(F)c2F)N1. The summed E-state index contributed by atoms with van der Waals surface area (Å²) in [6, 6.07) is 2.13. The summed E-state index contributed by atoms with van der Waals surface area (Å²) in [6.45, 7) is 0.0162. The second-order valence-corrected chi connectivity index (χ2v) is 3.07. The highest BCUT2D eigenvalue weighted by atomic mass is 19.2. The summed E-state index contributed by atoms with van der Waals surface area (Å²) in [5.74, 6) is -2.05. The van der Waals surface area contributed by atoms with Crippen LogP contribution in [-0.4, -0.2) is 24.4 Å². The van der Waals surface area contributed by atoms with Gasteiger partial charge < -0.3 is 15.2 Å². The highest BCUT2D eigenvalue weighted by Gasteiger charge is 2.22. The van der Waals surface area contributed by atoms with Crippen molar-refractivity contribution in [1.29, 1.82) is 0 Å². The summed E-state index contributed by atoms with van der Waals surface area (Å²) in [5.41, 5.74) is 0.370. The molecule has 0 saturated carbocycles. The summed E-state index contributed by atoms with van der Waals surface area (Å²) in [5, 5.41) is 11.7. The van der Waals surface area contributed by atoms with E-state index in [4.69, 9.17) is 9.84 Å². The summed E-state index contributed by atoms with van der Waals surface area (Å²) < 4.78 is 30.9. The Bertz CT molecular complexity index is 357. The van der Waals surface area contributed by atoms with E-state index in [0.717, 1.165) is 6.07 Å². The van der Waals surface area contributed by atoms with E-state index in [1.807, 2.05) is 0 Å². The average molecular weight is 201 g/mol. The number of aliphatic hydroxyl groups is 1. The van der Waals surface area contributed by atoms with Gasteiger partial charge in [-0.2, -0.15) is 4.39 Å². The molecule has 1 aliphatic rings. The number of rotatable bonds is 1. The zero-order valence-corrected chi connectivity index (χ0v) is 7.26. The zero-order chi connectivity index (χ0) is 10.1. The van der Waals surface area contributed by atoms with Gasteiger partial charge in [-0.05, 0) is 12.1 Å². The Hall–Kier alpha value is -1.36. The zero-order valence-electron chi connectivity index (χ0n) is 7.26. The van der Waals surface area contributed by atoms with Gasteiger partial charge in [0.25, 0.3) is 0 Å². The van der Waals surface area contributed by atoms with E-state index < -0.39 is 11.6 Å². The molecule has 2 N–H and O–H groups in total. The van der Waals surface area contributed by atoms with Crippen molar-refractivity contribution < 1.29 is 18.6 Å².